The van der Waals surface area contributed by atoms with Gasteiger partial charge in [0.2, 0.25) is 0 Å². The van der Waals surface area contributed by atoms with Gasteiger partial charge in [-0.05, 0) is 12.1 Å². The topological polar surface area (TPSA) is 66.2 Å². The van der Waals surface area contributed by atoms with Crippen LogP contribution in [0.4, 0.5) is 4.39 Å². The maximum absolute atomic E-state index is 13.0. The molecular weight excluding hydrogens is 245 g/mol. The highest BCUT2D eigenvalue weighted by atomic mass is 35.5. The fourth-order valence-corrected chi connectivity index (χ4v) is 1.54. The van der Waals surface area contributed by atoms with Crippen LogP contribution in [0.3, 0.4) is 0 Å². The van der Waals surface area contributed by atoms with E-state index in [-0.39, 0.29) is 16.4 Å². The van der Waals surface area contributed by atoms with Gasteiger partial charge in [-0.2, -0.15) is 0 Å². The SMILES string of the molecule is OB(O)c1cnc(-c2cccc(F)c2)nc1Cl. The zero-order chi connectivity index (χ0) is 12.4. The molecule has 0 bridgehead atoms. The van der Waals surface area contributed by atoms with Crippen LogP contribution < -0.4 is 5.46 Å². The molecule has 2 aromatic rings. The van der Waals surface area contributed by atoms with Crippen LogP contribution in [0.1, 0.15) is 0 Å². The van der Waals surface area contributed by atoms with Crippen molar-refractivity contribution < 1.29 is 14.4 Å². The molecule has 1 aromatic heterocycles. The van der Waals surface area contributed by atoms with Gasteiger partial charge < -0.3 is 10.0 Å². The van der Waals surface area contributed by atoms with Crippen molar-refractivity contribution in [2.45, 2.75) is 0 Å². The van der Waals surface area contributed by atoms with Gasteiger partial charge in [-0.15, -0.1) is 0 Å². The van der Waals surface area contributed by atoms with E-state index in [1.165, 1.54) is 24.4 Å². The Kier molecular flexibility index (Phi) is 3.37. The minimum atomic E-state index is -1.73. The fourth-order valence-electron chi connectivity index (χ4n) is 1.31. The number of nitrogens with zero attached hydrogens (tertiary/aromatic N) is 2. The van der Waals surface area contributed by atoms with E-state index >= 15 is 0 Å². The molecule has 0 radical (unpaired) electrons. The van der Waals surface area contributed by atoms with Crippen LogP contribution in [0.15, 0.2) is 30.5 Å². The van der Waals surface area contributed by atoms with Gasteiger partial charge in [0.25, 0.3) is 0 Å². The van der Waals surface area contributed by atoms with E-state index in [4.69, 9.17) is 21.6 Å². The Bertz CT molecular complexity index is 554. The normalized spacial score (nSPS) is 10.4. The lowest BCUT2D eigenvalue weighted by molar-refractivity contribution is 0.425. The predicted molar refractivity (Wildman–Crippen MR) is 62.3 cm³/mol. The quantitative estimate of drug-likeness (QED) is 0.607. The summed E-state index contributed by atoms with van der Waals surface area (Å²) >= 11 is 5.75. The average Bonchev–Trinajstić information content (AvgIpc) is 2.28. The van der Waals surface area contributed by atoms with Crippen LogP contribution in [0.2, 0.25) is 5.15 Å². The van der Waals surface area contributed by atoms with E-state index < -0.39 is 12.9 Å². The zero-order valence-corrected chi connectivity index (χ0v) is 9.26. The molecular formula is C10H7BClFN2O2. The molecule has 0 saturated heterocycles. The third-order valence-electron chi connectivity index (χ3n) is 2.13. The van der Waals surface area contributed by atoms with Gasteiger partial charge in [0, 0.05) is 17.2 Å². The lowest BCUT2D eigenvalue weighted by atomic mass is 9.83. The molecule has 0 unspecified atom stereocenters. The number of halogens is 2. The number of hydrogen-bond donors (Lipinski definition) is 2. The van der Waals surface area contributed by atoms with Gasteiger partial charge in [0.15, 0.2) is 5.82 Å². The standard InChI is InChI=1S/C10H7BClFN2O2/c12-9-8(11(16)17)5-14-10(15-9)6-2-1-3-7(13)4-6/h1-5,16-17H. The molecule has 1 aromatic carbocycles. The van der Waals surface area contributed by atoms with Crippen molar-refractivity contribution in [3.63, 3.8) is 0 Å². The monoisotopic (exact) mass is 252 g/mol. The highest BCUT2D eigenvalue weighted by Gasteiger charge is 2.17. The molecule has 0 aliphatic rings. The summed E-state index contributed by atoms with van der Waals surface area (Å²) in [4.78, 5) is 7.76. The molecule has 2 rings (SSSR count). The molecule has 0 spiro atoms. The first kappa shape index (κ1) is 12.0. The molecule has 17 heavy (non-hydrogen) atoms. The molecule has 7 heteroatoms. The minimum Gasteiger partial charge on any atom is -0.423 e. The average molecular weight is 252 g/mol. The number of rotatable bonds is 2. The van der Waals surface area contributed by atoms with Crippen molar-refractivity contribution >= 4 is 24.2 Å². The Morgan fingerprint density at radius 2 is 2.06 bits per heavy atom. The van der Waals surface area contributed by atoms with Crippen molar-refractivity contribution in [3.8, 4) is 11.4 Å². The summed E-state index contributed by atoms with van der Waals surface area (Å²) in [7, 11) is -1.73. The molecule has 1 heterocycles. The molecule has 2 N–H and O–H groups in total. The van der Waals surface area contributed by atoms with Crippen molar-refractivity contribution in [1.29, 1.82) is 0 Å². The second-order valence-electron chi connectivity index (χ2n) is 3.32. The molecule has 0 atom stereocenters. The Labute approximate surface area is 102 Å². The summed E-state index contributed by atoms with van der Waals surface area (Å²) in [6.07, 6.45) is 1.19. The second kappa shape index (κ2) is 4.79. The molecule has 0 fully saturated rings. The molecule has 0 saturated carbocycles. The van der Waals surface area contributed by atoms with Crippen LogP contribution in [-0.4, -0.2) is 27.1 Å². The van der Waals surface area contributed by atoms with Gasteiger partial charge in [-0.3, -0.25) is 0 Å². The fraction of sp³-hybridized carbons (Fsp3) is 0. The third kappa shape index (κ3) is 2.61. The van der Waals surface area contributed by atoms with Crippen molar-refractivity contribution in [1.82, 2.24) is 9.97 Å². The summed E-state index contributed by atoms with van der Waals surface area (Å²) in [5.41, 5.74) is 0.470. The molecule has 4 nitrogen and oxygen atoms in total. The molecule has 0 aliphatic carbocycles. The van der Waals surface area contributed by atoms with Gasteiger partial charge in [-0.25, -0.2) is 14.4 Å². The van der Waals surface area contributed by atoms with Crippen LogP contribution in [-0.2, 0) is 0 Å². The highest BCUT2D eigenvalue weighted by Crippen LogP contribution is 2.16. The van der Waals surface area contributed by atoms with E-state index in [2.05, 4.69) is 9.97 Å². The van der Waals surface area contributed by atoms with Crippen LogP contribution in [0.25, 0.3) is 11.4 Å². The molecule has 0 aliphatic heterocycles. The second-order valence-corrected chi connectivity index (χ2v) is 3.68. The summed E-state index contributed by atoms with van der Waals surface area (Å²) in [6.45, 7) is 0. The Morgan fingerprint density at radius 1 is 1.29 bits per heavy atom. The predicted octanol–water partition coefficient (Wildman–Crippen LogP) is 0.616. The van der Waals surface area contributed by atoms with E-state index in [1.54, 1.807) is 6.07 Å². The van der Waals surface area contributed by atoms with E-state index in [0.29, 0.717) is 5.56 Å². The van der Waals surface area contributed by atoms with Crippen molar-refractivity contribution in [3.05, 3.63) is 41.4 Å². The Hall–Kier alpha value is -1.50. The van der Waals surface area contributed by atoms with Crippen LogP contribution >= 0.6 is 11.6 Å². The maximum Gasteiger partial charge on any atom is 0.493 e. The first-order valence-corrected chi connectivity index (χ1v) is 5.10. The first-order valence-electron chi connectivity index (χ1n) is 4.72. The Morgan fingerprint density at radius 3 is 2.65 bits per heavy atom. The van der Waals surface area contributed by atoms with E-state index in [1.807, 2.05) is 0 Å². The van der Waals surface area contributed by atoms with Crippen molar-refractivity contribution in [2.24, 2.45) is 0 Å². The number of benzene rings is 1. The largest absolute Gasteiger partial charge is 0.493 e. The lowest BCUT2D eigenvalue weighted by Crippen LogP contribution is -2.32. The first-order chi connectivity index (χ1) is 8.08. The van der Waals surface area contributed by atoms with Crippen LogP contribution in [0, 0.1) is 5.82 Å². The summed E-state index contributed by atoms with van der Waals surface area (Å²) in [5.74, 6) is -0.188. The number of hydrogen-bond acceptors (Lipinski definition) is 4. The van der Waals surface area contributed by atoms with E-state index in [0.717, 1.165) is 0 Å². The number of aromatic nitrogens is 2. The van der Waals surface area contributed by atoms with E-state index in [9.17, 15) is 4.39 Å². The summed E-state index contributed by atoms with van der Waals surface area (Å²) in [5, 5.41) is 17.8. The molecule has 86 valence electrons. The van der Waals surface area contributed by atoms with Gasteiger partial charge in [-0.1, -0.05) is 23.7 Å². The minimum absolute atomic E-state index is 0.00631. The zero-order valence-electron chi connectivity index (χ0n) is 8.51. The summed E-state index contributed by atoms with van der Waals surface area (Å²) < 4.78 is 13.0. The maximum atomic E-state index is 13.0. The van der Waals surface area contributed by atoms with Gasteiger partial charge >= 0.3 is 7.12 Å². The van der Waals surface area contributed by atoms with Gasteiger partial charge in [0.05, 0.1) is 0 Å². The smallest absolute Gasteiger partial charge is 0.423 e. The lowest BCUT2D eigenvalue weighted by Gasteiger charge is -2.04. The third-order valence-corrected chi connectivity index (χ3v) is 2.43. The molecule has 0 amide bonds. The van der Waals surface area contributed by atoms with Crippen LogP contribution in [0.5, 0.6) is 0 Å². The highest BCUT2D eigenvalue weighted by molar-refractivity contribution is 6.62. The Balaban J connectivity index is 2.44. The summed E-state index contributed by atoms with van der Waals surface area (Å²) in [6, 6.07) is 5.72. The van der Waals surface area contributed by atoms with Gasteiger partial charge in [0.1, 0.15) is 11.0 Å². The van der Waals surface area contributed by atoms with Crippen molar-refractivity contribution in [2.75, 3.05) is 0 Å².